The molecule has 1 saturated heterocycles. The van der Waals surface area contributed by atoms with Crippen molar-refractivity contribution < 1.29 is 24.2 Å². The lowest BCUT2D eigenvalue weighted by molar-refractivity contribution is -0.305. The van der Waals surface area contributed by atoms with E-state index in [1.165, 1.54) is 11.8 Å². The zero-order valence-electron chi connectivity index (χ0n) is 13.4. The van der Waals surface area contributed by atoms with Crippen LogP contribution in [0.4, 0.5) is 0 Å². The van der Waals surface area contributed by atoms with Crippen molar-refractivity contribution >= 4 is 46.3 Å². The highest BCUT2D eigenvalue weighted by Crippen LogP contribution is 2.36. The van der Waals surface area contributed by atoms with Gasteiger partial charge in [0.15, 0.2) is 11.5 Å². The average Bonchev–Trinajstić information content (AvgIpc) is 3.13. The van der Waals surface area contributed by atoms with Gasteiger partial charge in [-0.05, 0) is 43.0 Å². The first-order valence-corrected chi connectivity index (χ1v) is 9.12. The van der Waals surface area contributed by atoms with Gasteiger partial charge in [-0.1, -0.05) is 36.5 Å². The molecule has 1 fully saturated rings. The predicted molar refractivity (Wildman–Crippen MR) is 95.9 cm³/mol. The number of thiocarbonyl (C=S) groups is 1. The topological polar surface area (TPSA) is 78.9 Å². The molecule has 0 unspecified atom stereocenters. The van der Waals surface area contributed by atoms with Crippen LogP contribution in [0.5, 0.6) is 11.5 Å². The van der Waals surface area contributed by atoms with Crippen LogP contribution >= 0.6 is 24.0 Å². The van der Waals surface area contributed by atoms with Crippen molar-refractivity contribution in [3.63, 3.8) is 0 Å². The van der Waals surface area contributed by atoms with Crippen LogP contribution in [0.25, 0.3) is 6.08 Å². The summed E-state index contributed by atoms with van der Waals surface area (Å²) >= 11 is 6.56. The van der Waals surface area contributed by atoms with Crippen molar-refractivity contribution in [2.24, 2.45) is 0 Å². The molecule has 8 heteroatoms. The molecule has 0 radical (unpaired) electrons. The Labute approximate surface area is 154 Å². The molecule has 0 aliphatic carbocycles. The molecule has 25 heavy (non-hydrogen) atoms. The Morgan fingerprint density at radius 3 is 2.88 bits per heavy atom. The number of hydrogen-bond acceptors (Lipinski definition) is 7. The Balaban J connectivity index is 1.60. The van der Waals surface area contributed by atoms with Crippen LogP contribution in [0.1, 0.15) is 31.2 Å². The minimum Gasteiger partial charge on any atom is -0.550 e. The molecular weight excluding hydrogens is 362 g/mol. The number of carboxylic acids is 1. The summed E-state index contributed by atoms with van der Waals surface area (Å²) in [7, 11) is 0. The first-order chi connectivity index (χ1) is 12.0. The highest BCUT2D eigenvalue weighted by Gasteiger charge is 2.31. The van der Waals surface area contributed by atoms with Crippen LogP contribution in [-0.4, -0.2) is 34.4 Å². The van der Waals surface area contributed by atoms with Gasteiger partial charge in [-0.3, -0.25) is 9.69 Å². The lowest BCUT2D eigenvalue weighted by Gasteiger charge is -2.14. The number of thioether (sulfide) groups is 1. The zero-order valence-corrected chi connectivity index (χ0v) is 15.0. The molecule has 2 aliphatic rings. The Bertz CT molecular complexity index is 747. The van der Waals surface area contributed by atoms with Gasteiger partial charge in [0, 0.05) is 12.5 Å². The molecule has 1 amide bonds. The monoisotopic (exact) mass is 378 g/mol. The summed E-state index contributed by atoms with van der Waals surface area (Å²) in [6.07, 6.45) is 3.80. The van der Waals surface area contributed by atoms with Gasteiger partial charge < -0.3 is 19.4 Å². The van der Waals surface area contributed by atoms with E-state index < -0.39 is 5.97 Å². The molecule has 2 aliphatic heterocycles. The molecule has 132 valence electrons. The van der Waals surface area contributed by atoms with E-state index in [0.29, 0.717) is 46.5 Å². The molecule has 3 rings (SSSR count). The predicted octanol–water partition coefficient (Wildman–Crippen LogP) is 1.93. The summed E-state index contributed by atoms with van der Waals surface area (Å²) in [4.78, 5) is 25.0. The zero-order chi connectivity index (χ0) is 17.8. The van der Waals surface area contributed by atoms with Crippen molar-refractivity contribution in [1.82, 2.24) is 4.90 Å². The maximum atomic E-state index is 12.5. The van der Waals surface area contributed by atoms with E-state index in [4.69, 9.17) is 21.7 Å². The van der Waals surface area contributed by atoms with Gasteiger partial charge >= 0.3 is 0 Å². The van der Waals surface area contributed by atoms with E-state index in [1.807, 2.05) is 18.2 Å². The van der Waals surface area contributed by atoms with E-state index in [1.54, 1.807) is 11.0 Å². The maximum absolute atomic E-state index is 12.5. The van der Waals surface area contributed by atoms with E-state index in [0.717, 1.165) is 5.56 Å². The number of unbranched alkanes of at least 4 members (excludes halogenated alkanes) is 2. The SMILES string of the molecule is O=C([O-])CCCCCN1C(=O)/C(=C/c2ccc3c(c2)OCO3)SC1=S. The number of carbonyl (C=O) groups is 2. The Morgan fingerprint density at radius 1 is 1.28 bits per heavy atom. The average molecular weight is 378 g/mol. The van der Waals surface area contributed by atoms with E-state index >= 15 is 0 Å². The lowest BCUT2D eigenvalue weighted by atomic mass is 10.1. The summed E-state index contributed by atoms with van der Waals surface area (Å²) in [6.45, 7) is 0.703. The Hall–Kier alpha value is -2.06. The molecule has 0 atom stereocenters. The van der Waals surface area contributed by atoms with Crippen molar-refractivity contribution in [3.05, 3.63) is 28.7 Å². The molecule has 1 aromatic rings. The number of carbonyl (C=O) groups excluding carboxylic acids is 2. The Morgan fingerprint density at radius 2 is 2.08 bits per heavy atom. The molecule has 0 spiro atoms. The summed E-state index contributed by atoms with van der Waals surface area (Å²) in [5.41, 5.74) is 0.846. The molecule has 2 heterocycles. The third-order valence-electron chi connectivity index (χ3n) is 3.83. The highest BCUT2D eigenvalue weighted by molar-refractivity contribution is 8.26. The van der Waals surface area contributed by atoms with Crippen molar-refractivity contribution in [1.29, 1.82) is 0 Å². The quantitative estimate of drug-likeness (QED) is 0.407. The highest BCUT2D eigenvalue weighted by atomic mass is 32.2. The number of amides is 1. The molecule has 0 bridgehead atoms. The number of rotatable bonds is 7. The van der Waals surface area contributed by atoms with E-state index in [-0.39, 0.29) is 19.1 Å². The molecule has 6 nitrogen and oxygen atoms in total. The van der Waals surface area contributed by atoms with Crippen molar-refractivity contribution in [2.45, 2.75) is 25.7 Å². The number of benzene rings is 1. The Kier molecular flexibility index (Phi) is 5.60. The standard InChI is InChI=1S/C17H17NO5S2/c19-15(20)4-2-1-3-7-18-16(21)14(25-17(18)24)9-11-5-6-12-13(8-11)23-10-22-12/h5-6,8-9H,1-4,7,10H2,(H,19,20)/p-1/b14-9-. The molecular formula is C17H16NO5S2-. The van der Waals surface area contributed by atoms with Gasteiger partial charge in [0.1, 0.15) is 4.32 Å². The second kappa shape index (κ2) is 7.88. The van der Waals surface area contributed by atoms with Crippen LogP contribution in [0.15, 0.2) is 23.1 Å². The van der Waals surface area contributed by atoms with Crippen LogP contribution in [0.2, 0.25) is 0 Å². The summed E-state index contributed by atoms with van der Waals surface area (Å²) in [5, 5.41) is 10.4. The number of hydrogen-bond donors (Lipinski definition) is 0. The smallest absolute Gasteiger partial charge is 0.266 e. The molecule has 0 aromatic heterocycles. The number of nitrogens with zero attached hydrogens (tertiary/aromatic N) is 1. The second-order valence-electron chi connectivity index (χ2n) is 5.63. The van der Waals surface area contributed by atoms with Gasteiger partial charge in [0.2, 0.25) is 6.79 Å². The third kappa shape index (κ3) is 4.32. The third-order valence-corrected chi connectivity index (χ3v) is 5.21. The van der Waals surface area contributed by atoms with Gasteiger partial charge in [0.25, 0.3) is 5.91 Å². The number of fused-ring (bicyclic) bond motifs is 1. The minimum atomic E-state index is -1.04. The van der Waals surface area contributed by atoms with E-state index in [2.05, 4.69) is 0 Å². The fourth-order valence-corrected chi connectivity index (χ4v) is 3.87. The van der Waals surface area contributed by atoms with Gasteiger partial charge in [-0.2, -0.15) is 0 Å². The minimum absolute atomic E-state index is 0.0441. The fraction of sp³-hybridized carbons (Fsp3) is 0.353. The van der Waals surface area contributed by atoms with Crippen LogP contribution in [0.3, 0.4) is 0 Å². The van der Waals surface area contributed by atoms with Gasteiger partial charge in [0.05, 0.1) is 4.91 Å². The molecule has 0 N–H and O–H groups in total. The number of aliphatic carboxylic acids is 1. The molecule has 1 aromatic carbocycles. The van der Waals surface area contributed by atoms with Gasteiger partial charge in [-0.25, -0.2) is 0 Å². The fourth-order valence-electron chi connectivity index (χ4n) is 2.56. The lowest BCUT2D eigenvalue weighted by Crippen LogP contribution is -2.29. The number of ether oxygens (including phenoxy) is 2. The van der Waals surface area contributed by atoms with Gasteiger partial charge in [-0.15, -0.1) is 0 Å². The summed E-state index contributed by atoms with van der Waals surface area (Å²) in [5.74, 6) is 0.197. The second-order valence-corrected chi connectivity index (χ2v) is 7.30. The maximum Gasteiger partial charge on any atom is 0.266 e. The van der Waals surface area contributed by atoms with Crippen molar-refractivity contribution in [2.75, 3.05) is 13.3 Å². The summed E-state index contributed by atoms with van der Waals surface area (Å²) < 4.78 is 11.1. The summed E-state index contributed by atoms with van der Waals surface area (Å²) in [6, 6.07) is 5.50. The van der Waals surface area contributed by atoms with Crippen molar-refractivity contribution in [3.8, 4) is 11.5 Å². The number of carboxylic acid groups (broad SMARTS) is 1. The first kappa shape index (κ1) is 17.8. The van der Waals surface area contributed by atoms with Crippen LogP contribution in [-0.2, 0) is 9.59 Å². The first-order valence-electron chi connectivity index (χ1n) is 7.89. The van der Waals surface area contributed by atoms with Crippen LogP contribution in [0, 0.1) is 0 Å². The van der Waals surface area contributed by atoms with E-state index in [9.17, 15) is 14.7 Å². The normalized spacial score (nSPS) is 17.6. The van der Waals surface area contributed by atoms with Crippen LogP contribution < -0.4 is 14.6 Å². The largest absolute Gasteiger partial charge is 0.550 e. The molecule has 0 saturated carbocycles.